The maximum Gasteiger partial charge on any atom is 0.261 e. The number of halogens is 3. The van der Waals surface area contributed by atoms with E-state index in [4.69, 9.17) is 4.74 Å². The largest absolute Gasteiger partial charge is 0.366 e. The van der Waals surface area contributed by atoms with Crippen molar-refractivity contribution in [2.24, 2.45) is 0 Å². The van der Waals surface area contributed by atoms with Crippen LogP contribution >= 0.6 is 15.9 Å². The molecule has 0 saturated heterocycles. The van der Waals surface area contributed by atoms with Crippen molar-refractivity contribution in [2.45, 2.75) is 12.5 Å². The SMILES string of the molecule is CNCC(OCC(F)F)c1cccc(Br)c1. The van der Waals surface area contributed by atoms with Crippen LogP contribution in [0.4, 0.5) is 8.78 Å². The summed E-state index contributed by atoms with van der Waals surface area (Å²) in [4.78, 5) is 0. The molecule has 0 radical (unpaired) electrons. The summed E-state index contributed by atoms with van der Waals surface area (Å²) in [6.45, 7) is -0.0396. The monoisotopic (exact) mass is 293 g/mol. The fourth-order valence-electron chi connectivity index (χ4n) is 1.35. The number of ether oxygens (including phenoxy) is 1. The molecule has 1 N–H and O–H groups in total. The van der Waals surface area contributed by atoms with Crippen LogP contribution in [0.25, 0.3) is 0 Å². The van der Waals surface area contributed by atoms with E-state index < -0.39 is 13.0 Å². The van der Waals surface area contributed by atoms with Crippen molar-refractivity contribution in [1.29, 1.82) is 0 Å². The van der Waals surface area contributed by atoms with Crippen LogP contribution in [0.1, 0.15) is 11.7 Å². The van der Waals surface area contributed by atoms with Crippen LogP contribution in [0, 0.1) is 0 Å². The van der Waals surface area contributed by atoms with Crippen molar-refractivity contribution in [3.8, 4) is 0 Å². The minimum absolute atomic E-state index is 0.350. The highest BCUT2D eigenvalue weighted by Gasteiger charge is 2.14. The van der Waals surface area contributed by atoms with Crippen molar-refractivity contribution in [3.05, 3.63) is 34.3 Å². The second-order valence-corrected chi connectivity index (χ2v) is 4.24. The van der Waals surface area contributed by atoms with Gasteiger partial charge in [-0.05, 0) is 24.7 Å². The highest BCUT2D eigenvalue weighted by molar-refractivity contribution is 9.10. The lowest BCUT2D eigenvalue weighted by atomic mass is 10.1. The Hall–Kier alpha value is -0.520. The van der Waals surface area contributed by atoms with Crippen LogP contribution in [0.15, 0.2) is 28.7 Å². The molecule has 1 rings (SSSR count). The lowest BCUT2D eigenvalue weighted by Crippen LogP contribution is -2.21. The van der Waals surface area contributed by atoms with Gasteiger partial charge in [0, 0.05) is 11.0 Å². The molecule has 0 heterocycles. The molecule has 1 unspecified atom stereocenters. The maximum absolute atomic E-state index is 12.1. The Balaban J connectivity index is 2.68. The summed E-state index contributed by atoms with van der Waals surface area (Å²) in [5.74, 6) is 0. The minimum atomic E-state index is -2.44. The van der Waals surface area contributed by atoms with E-state index >= 15 is 0 Å². The fourth-order valence-corrected chi connectivity index (χ4v) is 1.77. The first-order chi connectivity index (χ1) is 7.63. The molecule has 5 heteroatoms. The summed E-state index contributed by atoms with van der Waals surface area (Å²) >= 11 is 3.34. The van der Waals surface area contributed by atoms with Crippen molar-refractivity contribution >= 4 is 15.9 Å². The second kappa shape index (κ2) is 6.93. The van der Waals surface area contributed by atoms with Crippen LogP contribution in [0.5, 0.6) is 0 Å². The summed E-state index contributed by atoms with van der Waals surface area (Å²) in [6.07, 6.45) is -2.79. The lowest BCUT2D eigenvalue weighted by Gasteiger charge is -2.18. The Morgan fingerprint density at radius 1 is 1.44 bits per heavy atom. The van der Waals surface area contributed by atoms with Crippen molar-refractivity contribution < 1.29 is 13.5 Å². The molecule has 1 aromatic carbocycles. The van der Waals surface area contributed by atoms with E-state index in [2.05, 4.69) is 21.2 Å². The first-order valence-corrected chi connectivity index (χ1v) is 5.72. The molecule has 2 nitrogen and oxygen atoms in total. The molecule has 0 bridgehead atoms. The molecule has 0 aliphatic rings. The lowest BCUT2D eigenvalue weighted by molar-refractivity contribution is -0.0240. The number of hydrogen-bond acceptors (Lipinski definition) is 2. The zero-order chi connectivity index (χ0) is 12.0. The van der Waals surface area contributed by atoms with Gasteiger partial charge >= 0.3 is 0 Å². The Bertz CT molecular complexity index is 323. The highest BCUT2D eigenvalue weighted by atomic mass is 79.9. The second-order valence-electron chi connectivity index (χ2n) is 3.33. The number of likely N-dealkylation sites (N-methyl/N-ethyl adjacent to an activating group) is 1. The van der Waals surface area contributed by atoms with Crippen molar-refractivity contribution in [1.82, 2.24) is 5.32 Å². The number of rotatable bonds is 6. The van der Waals surface area contributed by atoms with Crippen molar-refractivity contribution in [3.63, 3.8) is 0 Å². The molecule has 0 aromatic heterocycles. The normalized spacial score (nSPS) is 13.1. The van der Waals surface area contributed by atoms with E-state index in [1.54, 1.807) is 7.05 Å². The zero-order valence-corrected chi connectivity index (χ0v) is 10.5. The fraction of sp³-hybridized carbons (Fsp3) is 0.455. The first kappa shape index (κ1) is 13.5. The van der Waals surface area contributed by atoms with E-state index in [9.17, 15) is 8.78 Å². The summed E-state index contributed by atoms with van der Waals surface area (Å²) in [5.41, 5.74) is 0.879. The Morgan fingerprint density at radius 3 is 2.75 bits per heavy atom. The van der Waals surface area contributed by atoms with Gasteiger partial charge < -0.3 is 10.1 Å². The standard InChI is InChI=1S/C11H14BrF2NO/c1-15-6-10(16-7-11(13)14)8-3-2-4-9(12)5-8/h2-5,10-11,15H,6-7H2,1H3. The molecule has 0 saturated carbocycles. The van der Waals surface area contributed by atoms with Gasteiger partial charge in [-0.3, -0.25) is 0 Å². The molecule has 1 aromatic rings. The average molecular weight is 294 g/mol. The Morgan fingerprint density at radius 2 is 2.19 bits per heavy atom. The molecular formula is C11H14BrF2NO. The van der Waals surface area contributed by atoms with E-state index in [1.165, 1.54) is 0 Å². The van der Waals surface area contributed by atoms with Gasteiger partial charge in [0.05, 0.1) is 6.10 Å². The summed E-state index contributed by atoms with van der Waals surface area (Å²) in [7, 11) is 1.76. The Kier molecular flexibility index (Phi) is 5.87. The molecule has 0 spiro atoms. The van der Waals surface area contributed by atoms with E-state index in [0.29, 0.717) is 6.54 Å². The summed E-state index contributed by atoms with van der Waals surface area (Å²) in [6, 6.07) is 7.46. The van der Waals surface area contributed by atoms with Gasteiger partial charge in [-0.2, -0.15) is 0 Å². The van der Waals surface area contributed by atoms with Gasteiger partial charge in [0.25, 0.3) is 6.43 Å². The molecule has 0 aliphatic heterocycles. The molecule has 0 fully saturated rings. The number of benzene rings is 1. The number of hydrogen-bond donors (Lipinski definition) is 1. The molecular weight excluding hydrogens is 280 g/mol. The average Bonchev–Trinajstić information content (AvgIpc) is 2.24. The van der Waals surface area contributed by atoms with E-state index in [1.807, 2.05) is 24.3 Å². The minimum Gasteiger partial charge on any atom is -0.366 e. The number of nitrogens with one attached hydrogen (secondary N) is 1. The molecule has 1 atom stereocenters. The van der Waals surface area contributed by atoms with Gasteiger partial charge in [0.2, 0.25) is 0 Å². The molecule has 0 amide bonds. The van der Waals surface area contributed by atoms with Crippen LogP contribution in [0.2, 0.25) is 0 Å². The molecule has 90 valence electrons. The molecule has 16 heavy (non-hydrogen) atoms. The zero-order valence-electron chi connectivity index (χ0n) is 8.92. The third kappa shape index (κ3) is 4.55. The highest BCUT2D eigenvalue weighted by Crippen LogP contribution is 2.21. The van der Waals surface area contributed by atoms with Crippen LogP contribution in [0.3, 0.4) is 0 Å². The predicted octanol–water partition coefficient (Wildman–Crippen LogP) is 2.99. The Labute approximate surface area is 102 Å². The van der Waals surface area contributed by atoms with Gasteiger partial charge in [0.1, 0.15) is 6.61 Å². The van der Waals surface area contributed by atoms with Crippen LogP contribution in [-0.2, 0) is 4.74 Å². The first-order valence-electron chi connectivity index (χ1n) is 4.93. The van der Waals surface area contributed by atoms with Gasteiger partial charge in [0.15, 0.2) is 0 Å². The third-order valence-corrected chi connectivity index (χ3v) is 2.53. The third-order valence-electron chi connectivity index (χ3n) is 2.03. The topological polar surface area (TPSA) is 21.3 Å². The summed E-state index contributed by atoms with van der Waals surface area (Å²) < 4.78 is 30.2. The van der Waals surface area contributed by atoms with Gasteiger partial charge in [-0.25, -0.2) is 8.78 Å². The van der Waals surface area contributed by atoms with Gasteiger partial charge in [-0.15, -0.1) is 0 Å². The van der Waals surface area contributed by atoms with E-state index in [-0.39, 0.29) is 6.10 Å². The van der Waals surface area contributed by atoms with Crippen LogP contribution in [-0.4, -0.2) is 26.6 Å². The summed E-state index contributed by atoms with van der Waals surface area (Å²) in [5, 5.41) is 2.92. The van der Waals surface area contributed by atoms with E-state index in [0.717, 1.165) is 10.0 Å². The van der Waals surface area contributed by atoms with Crippen LogP contribution < -0.4 is 5.32 Å². The predicted molar refractivity (Wildman–Crippen MR) is 62.8 cm³/mol. The van der Waals surface area contributed by atoms with Crippen molar-refractivity contribution in [2.75, 3.05) is 20.2 Å². The maximum atomic E-state index is 12.1. The van der Waals surface area contributed by atoms with Gasteiger partial charge in [-0.1, -0.05) is 28.1 Å². The quantitative estimate of drug-likeness (QED) is 0.871. The molecule has 0 aliphatic carbocycles. The smallest absolute Gasteiger partial charge is 0.261 e. The number of alkyl halides is 2.